The van der Waals surface area contributed by atoms with E-state index in [1.165, 1.54) is 4.52 Å². The van der Waals surface area contributed by atoms with Crippen LogP contribution in [0, 0.1) is 13.8 Å². The van der Waals surface area contributed by atoms with Crippen molar-refractivity contribution in [3.63, 3.8) is 0 Å². The zero-order valence-corrected chi connectivity index (χ0v) is 9.35. The van der Waals surface area contributed by atoms with Gasteiger partial charge in [0, 0.05) is 5.69 Å². The van der Waals surface area contributed by atoms with Crippen molar-refractivity contribution >= 4 is 16.7 Å². The third-order valence-corrected chi connectivity index (χ3v) is 2.69. The van der Waals surface area contributed by atoms with E-state index in [1.807, 2.05) is 19.9 Å². The predicted molar refractivity (Wildman–Crippen MR) is 62.3 cm³/mol. The average Bonchev–Trinajstić information content (AvgIpc) is 2.56. The van der Waals surface area contributed by atoms with Crippen LogP contribution in [0.25, 0.3) is 16.7 Å². The highest BCUT2D eigenvalue weighted by Gasteiger charge is 2.12. The van der Waals surface area contributed by atoms with Crippen molar-refractivity contribution < 1.29 is 5.11 Å². The Balaban J connectivity index is 2.65. The number of fused-ring (bicyclic) bond motifs is 3. The molecule has 0 aliphatic carbocycles. The van der Waals surface area contributed by atoms with Crippen LogP contribution in [0.2, 0.25) is 0 Å². The number of hydrogen-bond donors (Lipinski definition) is 2. The van der Waals surface area contributed by atoms with E-state index in [2.05, 4.69) is 15.1 Å². The van der Waals surface area contributed by atoms with Crippen LogP contribution in [0.1, 0.15) is 11.3 Å². The number of aromatic hydroxyl groups is 1. The maximum atomic E-state index is 11.3. The molecular weight excluding hydrogens is 220 g/mol. The number of aryl methyl sites for hydroxylation is 2. The van der Waals surface area contributed by atoms with E-state index in [9.17, 15) is 9.90 Å². The summed E-state index contributed by atoms with van der Waals surface area (Å²) in [6.45, 7) is 3.79. The molecule has 6 heteroatoms. The number of nitrogens with zero attached hydrogens (tertiary/aromatic N) is 3. The molecule has 3 heterocycles. The molecule has 3 aromatic heterocycles. The van der Waals surface area contributed by atoms with Crippen LogP contribution >= 0.6 is 0 Å². The zero-order valence-electron chi connectivity index (χ0n) is 9.35. The molecule has 0 spiro atoms. The van der Waals surface area contributed by atoms with Crippen molar-refractivity contribution in [2.75, 3.05) is 0 Å². The number of aromatic amines is 1. The second-order valence-corrected chi connectivity index (χ2v) is 4.03. The standard InChI is InChI=1S/C11H10N4O2/c1-5-3-6(2)12-10-9(5)11-13-7(16)4-8(17)15(11)14-10/h3-4,17H,1-2H3,(H,13,16). The summed E-state index contributed by atoms with van der Waals surface area (Å²) < 4.78 is 1.28. The van der Waals surface area contributed by atoms with Crippen molar-refractivity contribution in [3.05, 3.63) is 33.7 Å². The van der Waals surface area contributed by atoms with E-state index >= 15 is 0 Å². The van der Waals surface area contributed by atoms with Gasteiger partial charge in [-0.15, -0.1) is 5.10 Å². The number of nitrogens with one attached hydrogen (secondary N) is 1. The molecule has 0 aromatic carbocycles. The maximum Gasteiger partial charge on any atom is 0.254 e. The summed E-state index contributed by atoms with van der Waals surface area (Å²) in [5, 5.41) is 14.6. The Labute approximate surface area is 95.5 Å². The Bertz CT molecular complexity index is 800. The van der Waals surface area contributed by atoms with Gasteiger partial charge >= 0.3 is 0 Å². The van der Waals surface area contributed by atoms with Gasteiger partial charge in [0.05, 0.1) is 11.5 Å². The van der Waals surface area contributed by atoms with Gasteiger partial charge in [-0.05, 0) is 25.5 Å². The molecule has 3 rings (SSSR count). The number of rotatable bonds is 0. The molecule has 0 amide bonds. The number of pyridine rings is 1. The van der Waals surface area contributed by atoms with Crippen LogP contribution in [0.3, 0.4) is 0 Å². The Morgan fingerprint density at radius 1 is 1.35 bits per heavy atom. The first kappa shape index (κ1) is 9.83. The van der Waals surface area contributed by atoms with Gasteiger partial charge in [-0.3, -0.25) is 4.79 Å². The summed E-state index contributed by atoms with van der Waals surface area (Å²) in [4.78, 5) is 18.3. The van der Waals surface area contributed by atoms with Crippen LogP contribution in [-0.4, -0.2) is 24.7 Å². The fourth-order valence-electron chi connectivity index (χ4n) is 2.05. The second kappa shape index (κ2) is 3.07. The minimum Gasteiger partial charge on any atom is -0.493 e. The molecular formula is C11H10N4O2. The molecule has 0 saturated carbocycles. The van der Waals surface area contributed by atoms with Crippen molar-refractivity contribution in [1.82, 2.24) is 19.6 Å². The van der Waals surface area contributed by atoms with E-state index in [1.54, 1.807) is 0 Å². The Kier molecular flexibility index (Phi) is 1.77. The van der Waals surface area contributed by atoms with Gasteiger partial charge in [-0.2, -0.15) is 4.52 Å². The fraction of sp³-hybridized carbons (Fsp3) is 0.182. The molecule has 0 bridgehead atoms. The lowest BCUT2D eigenvalue weighted by atomic mass is 10.2. The monoisotopic (exact) mass is 230 g/mol. The molecule has 0 unspecified atom stereocenters. The Morgan fingerprint density at radius 2 is 2.12 bits per heavy atom. The molecule has 0 atom stereocenters. The second-order valence-electron chi connectivity index (χ2n) is 4.03. The van der Waals surface area contributed by atoms with Gasteiger partial charge in [-0.25, -0.2) is 4.98 Å². The number of hydrogen-bond acceptors (Lipinski definition) is 4. The summed E-state index contributed by atoms with van der Waals surface area (Å²) in [6, 6.07) is 2.99. The molecule has 0 aliphatic rings. The van der Waals surface area contributed by atoms with Crippen LogP contribution in [0.15, 0.2) is 16.9 Å². The SMILES string of the molecule is Cc1cc(C)c2c(n1)nn1c(O)cc(=O)[nH]c21. The van der Waals surface area contributed by atoms with Crippen molar-refractivity contribution in [3.8, 4) is 5.88 Å². The summed E-state index contributed by atoms with van der Waals surface area (Å²) in [6.07, 6.45) is 0. The van der Waals surface area contributed by atoms with E-state index in [-0.39, 0.29) is 11.4 Å². The largest absolute Gasteiger partial charge is 0.493 e. The summed E-state index contributed by atoms with van der Waals surface area (Å²) in [7, 11) is 0. The van der Waals surface area contributed by atoms with Gasteiger partial charge in [0.25, 0.3) is 5.56 Å². The molecule has 2 N–H and O–H groups in total. The van der Waals surface area contributed by atoms with Crippen molar-refractivity contribution in [2.45, 2.75) is 13.8 Å². The molecule has 0 aliphatic heterocycles. The minimum absolute atomic E-state index is 0.196. The van der Waals surface area contributed by atoms with Crippen LogP contribution in [0.5, 0.6) is 5.88 Å². The highest BCUT2D eigenvalue weighted by molar-refractivity contribution is 5.92. The van der Waals surface area contributed by atoms with E-state index in [0.29, 0.717) is 11.3 Å². The van der Waals surface area contributed by atoms with Crippen LogP contribution in [-0.2, 0) is 0 Å². The molecule has 86 valence electrons. The zero-order chi connectivity index (χ0) is 12.2. The maximum absolute atomic E-state index is 11.3. The summed E-state index contributed by atoms with van der Waals surface area (Å²) in [5.41, 5.74) is 2.43. The fourth-order valence-corrected chi connectivity index (χ4v) is 2.05. The lowest BCUT2D eigenvalue weighted by Crippen LogP contribution is -2.06. The van der Waals surface area contributed by atoms with Gasteiger partial charge in [0.1, 0.15) is 5.65 Å². The minimum atomic E-state index is -0.364. The number of H-pyrrole nitrogens is 1. The molecule has 0 fully saturated rings. The molecule has 0 saturated heterocycles. The summed E-state index contributed by atoms with van der Waals surface area (Å²) >= 11 is 0. The normalized spacial score (nSPS) is 11.4. The first-order valence-electron chi connectivity index (χ1n) is 5.15. The van der Waals surface area contributed by atoms with E-state index in [4.69, 9.17) is 0 Å². The Morgan fingerprint density at radius 3 is 2.88 bits per heavy atom. The third kappa shape index (κ3) is 1.30. The average molecular weight is 230 g/mol. The third-order valence-electron chi connectivity index (χ3n) is 2.69. The highest BCUT2D eigenvalue weighted by Crippen LogP contribution is 2.22. The van der Waals surface area contributed by atoms with Crippen molar-refractivity contribution in [1.29, 1.82) is 0 Å². The molecule has 17 heavy (non-hydrogen) atoms. The first-order chi connectivity index (χ1) is 8.06. The predicted octanol–water partition coefficient (Wildman–Crippen LogP) is 0.893. The van der Waals surface area contributed by atoms with Crippen LogP contribution in [0.4, 0.5) is 0 Å². The quantitative estimate of drug-likeness (QED) is 0.600. The van der Waals surface area contributed by atoms with Crippen molar-refractivity contribution in [2.24, 2.45) is 0 Å². The lowest BCUT2D eigenvalue weighted by molar-refractivity contribution is 0.435. The topological polar surface area (TPSA) is 83.3 Å². The smallest absolute Gasteiger partial charge is 0.254 e. The first-order valence-corrected chi connectivity index (χ1v) is 5.15. The highest BCUT2D eigenvalue weighted by atomic mass is 16.3. The van der Waals surface area contributed by atoms with E-state index in [0.717, 1.165) is 22.7 Å². The van der Waals surface area contributed by atoms with Gasteiger partial charge < -0.3 is 10.1 Å². The lowest BCUT2D eigenvalue weighted by Gasteiger charge is -1.98. The van der Waals surface area contributed by atoms with Gasteiger partial charge in [-0.1, -0.05) is 0 Å². The van der Waals surface area contributed by atoms with Crippen LogP contribution < -0.4 is 5.56 Å². The van der Waals surface area contributed by atoms with Gasteiger partial charge in [0.2, 0.25) is 5.88 Å². The number of aromatic nitrogens is 4. The Hall–Kier alpha value is -2.37. The van der Waals surface area contributed by atoms with Gasteiger partial charge in [0.15, 0.2) is 5.65 Å². The summed E-state index contributed by atoms with van der Waals surface area (Å²) in [5.74, 6) is -0.196. The van der Waals surface area contributed by atoms with E-state index < -0.39 is 0 Å². The molecule has 3 aromatic rings. The molecule has 6 nitrogen and oxygen atoms in total. The molecule has 0 radical (unpaired) electrons.